The smallest absolute Gasteiger partial charge is 0.301 e. The van der Waals surface area contributed by atoms with E-state index >= 15 is 0 Å². The zero-order chi connectivity index (χ0) is 27.0. The molecule has 0 bridgehead atoms. The molecule has 1 amide bonds. The number of hydrogen-bond donors (Lipinski definition) is 1. The van der Waals surface area contributed by atoms with Gasteiger partial charge in [0.2, 0.25) is 0 Å². The monoisotopic (exact) mass is 528 g/mol. The Bertz CT molecular complexity index is 1540. The number of fused-ring (bicyclic) bond motifs is 1. The molecule has 8 heteroatoms. The molecular weight excluding hydrogens is 500 g/mol. The largest absolute Gasteiger partial charge is 0.507 e. The number of carbonyl (C=O) groups excluding carboxylic acids is 2. The summed E-state index contributed by atoms with van der Waals surface area (Å²) in [6.07, 6.45) is 0. The van der Waals surface area contributed by atoms with E-state index in [2.05, 4.69) is 18.8 Å². The van der Waals surface area contributed by atoms with Crippen molar-refractivity contribution in [3.05, 3.63) is 89.0 Å². The second kappa shape index (κ2) is 10.3. The molecule has 4 aromatic rings. The van der Waals surface area contributed by atoms with E-state index < -0.39 is 17.7 Å². The molecule has 0 saturated carbocycles. The second-order valence-corrected chi connectivity index (χ2v) is 10.3. The third kappa shape index (κ3) is 4.52. The topological polar surface area (TPSA) is 89.0 Å². The molecule has 0 spiro atoms. The van der Waals surface area contributed by atoms with Crippen molar-refractivity contribution in [2.24, 2.45) is 0 Å². The van der Waals surface area contributed by atoms with Gasteiger partial charge in [-0.25, -0.2) is 4.98 Å². The zero-order valence-corrected chi connectivity index (χ0v) is 22.4. The highest BCUT2D eigenvalue weighted by molar-refractivity contribution is 7.22. The highest BCUT2D eigenvalue weighted by Gasteiger charge is 2.48. The van der Waals surface area contributed by atoms with Crippen molar-refractivity contribution >= 4 is 44.1 Å². The van der Waals surface area contributed by atoms with E-state index in [1.165, 1.54) is 16.2 Å². The SMILES string of the molecule is CCOc1ccc(C(O)=C2C(=O)C(=O)N(c3nc4ccc(OC)cc4s3)[C@H]2c2ccc(C(C)C)cc2)cc1. The van der Waals surface area contributed by atoms with Crippen molar-refractivity contribution in [3.8, 4) is 11.5 Å². The molecule has 2 heterocycles. The summed E-state index contributed by atoms with van der Waals surface area (Å²) in [4.78, 5) is 33.0. The Labute approximate surface area is 225 Å². The quantitative estimate of drug-likeness (QED) is 0.168. The van der Waals surface area contributed by atoms with Crippen LogP contribution in [0.5, 0.6) is 11.5 Å². The van der Waals surface area contributed by atoms with Gasteiger partial charge in [0.05, 0.1) is 35.5 Å². The molecular formula is C30H28N2O5S. The number of carbonyl (C=O) groups is 2. The van der Waals surface area contributed by atoms with E-state index in [0.717, 1.165) is 10.3 Å². The zero-order valence-electron chi connectivity index (χ0n) is 21.6. The molecule has 1 fully saturated rings. The van der Waals surface area contributed by atoms with Gasteiger partial charge in [-0.05, 0) is 66.4 Å². The molecule has 1 atom stereocenters. The minimum absolute atomic E-state index is 0.0216. The predicted molar refractivity (Wildman–Crippen MR) is 149 cm³/mol. The van der Waals surface area contributed by atoms with Gasteiger partial charge < -0.3 is 14.6 Å². The lowest BCUT2D eigenvalue weighted by atomic mass is 9.93. The number of aliphatic hydroxyl groups excluding tert-OH is 1. The Hall–Kier alpha value is -4.17. The number of benzene rings is 3. The van der Waals surface area contributed by atoms with E-state index in [4.69, 9.17) is 9.47 Å². The number of nitrogens with zero attached hydrogens (tertiary/aromatic N) is 2. The van der Waals surface area contributed by atoms with Crippen LogP contribution >= 0.6 is 11.3 Å². The molecule has 1 N–H and O–H groups in total. The fraction of sp³-hybridized carbons (Fsp3) is 0.233. The maximum Gasteiger partial charge on any atom is 0.301 e. The van der Waals surface area contributed by atoms with Crippen LogP contribution in [-0.2, 0) is 9.59 Å². The molecule has 1 saturated heterocycles. The number of amides is 1. The third-order valence-corrected chi connectivity index (χ3v) is 7.61. The molecule has 3 aromatic carbocycles. The molecule has 194 valence electrons. The maximum absolute atomic E-state index is 13.5. The number of methoxy groups -OCH3 is 1. The van der Waals surface area contributed by atoms with E-state index in [1.54, 1.807) is 37.4 Å². The van der Waals surface area contributed by atoms with Crippen molar-refractivity contribution < 1.29 is 24.2 Å². The van der Waals surface area contributed by atoms with Gasteiger partial charge in [0, 0.05) is 5.56 Å². The molecule has 0 radical (unpaired) electrons. The van der Waals surface area contributed by atoms with Crippen molar-refractivity contribution in [1.29, 1.82) is 0 Å². The summed E-state index contributed by atoms with van der Waals surface area (Å²) in [5.74, 6) is -0.0953. The normalized spacial score (nSPS) is 17.0. The number of ether oxygens (including phenoxy) is 2. The summed E-state index contributed by atoms with van der Waals surface area (Å²) in [6.45, 7) is 6.60. The first-order valence-corrected chi connectivity index (χ1v) is 13.2. The Morgan fingerprint density at radius 1 is 1.03 bits per heavy atom. The van der Waals surface area contributed by atoms with Gasteiger partial charge in [-0.15, -0.1) is 0 Å². The van der Waals surface area contributed by atoms with E-state index in [1.807, 2.05) is 43.3 Å². The van der Waals surface area contributed by atoms with Crippen LogP contribution in [0.1, 0.15) is 49.4 Å². The standard InChI is InChI=1S/C30H28N2O5S/c1-5-37-21-12-10-20(11-13-21)27(33)25-26(19-8-6-18(7-9-19)17(2)3)32(29(35)28(25)34)30-31-23-15-14-22(36-4)16-24(23)38-30/h6-17,26,33H,5H2,1-4H3/t26-/m0/s1. The first kappa shape index (κ1) is 25.5. The summed E-state index contributed by atoms with van der Waals surface area (Å²) in [7, 11) is 1.59. The fourth-order valence-corrected chi connectivity index (χ4v) is 5.58. The van der Waals surface area contributed by atoms with Crippen LogP contribution in [-0.4, -0.2) is 35.5 Å². The lowest BCUT2D eigenvalue weighted by Gasteiger charge is -2.23. The average Bonchev–Trinajstić information content (AvgIpc) is 3.46. The first-order chi connectivity index (χ1) is 18.3. The highest BCUT2D eigenvalue weighted by Crippen LogP contribution is 2.45. The van der Waals surface area contributed by atoms with Crippen molar-refractivity contribution in [2.75, 3.05) is 18.6 Å². The average molecular weight is 529 g/mol. The summed E-state index contributed by atoms with van der Waals surface area (Å²) in [5.41, 5.74) is 2.97. The van der Waals surface area contributed by atoms with Gasteiger partial charge in [0.25, 0.3) is 5.78 Å². The van der Waals surface area contributed by atoms with Crippen molar-refractivity contribution in [1.82, 2.24) is 4.98 Å². The molecule has 0 aliphatic carbocycles. The Kier molecular flexibility index (Phi) is 6.91. The predicted octanol–water partition coefficient (Wildman–Crippen LogP) is 6.45. The van der Waals surface area contributed by atoms with Crippen molar-refractivity contribution in [2.45, 2.75) is 32.7 Å². The minimum Gasteiger partial charge on any atom is -0.507 e. The highest BCUT2D eigenvalue weighted by atomic mass is 32.1. The van der Waals surface area contributed by atoms with Crippen LogP contribution in [0, 0.1) is 0 Å². The molecule has 1 aliphatic rings. The van der Waals surface area contributed by atoms with E-state index in [0.29, 0.717) is 45.8 Å². The molecule has 1 aliphatic heterocycles. The van der Waals surface area contributed by atoms with Crippen LogP contribution in [0.2, 0.25) is 0 Å². The number of anilines is 1. The number of aromatic nitrogens is 1. The number of aliphatic hydroxyl groups is 1. The van der Waals surface area contributed by atoms with Crippen LogP contribution in [0.15, 0.2) is 72.3 Å². The van der Waals surface area contributed by atoms with Crippen LogP contribution in [0.3, 0.4) is 0 Å². The minimum atomic E-state index is -0.842. The fourth-order valence-electron chi connectivity index (χ4n) is 4.56. The van der Waals surface area contributed by atoms with Gasteiger partial charge in [-0.2, -0.15) is 0 Å². The van der Waals surface area contributed by atoms with Crippen LogP contribution < -0.4 is 14.4 Å². The summed E-state index contributed by atoms with van der Waals surface area (Å²) in [6, 6.07) is 19.2. The van der Waals surface area contributed by atoms with Gasteiger partial charge >= 0.3 is 5.91 Å². The van der Waals surface area contributed by atoms with Gasteiger partial charge in [-0.1, -0.05) is 49.4 Å². The molecule has 7 nitrogen and oxygen atoms in total. The van der Waals surface area contributed by atoms with Crippen LogP contribution in [0.4, 0.5) is 5.13 Å². The van der Waals surface area contributed by atoms with Gasteiger partial charge in [0.15, 0.2) is 5.13 Å². The Morgan fingerprint density at radius 2 is 1.71 bits per heavy atom. The van der Waals surface area contributed by atoms with Gasteiger partial charge in [0.1, 0.15) is 17.3 Å². The number of rotatable bonds is 7. The van der Waals surface area contributed by atoms with Crippen LogP contribution in [0.25, 0.3) is 16.0 Å². The number of thiazole rings is 1. The summed E-state index contributed by atoms with van der Waals surface area (Å²) in [5, 5.41) is 11.8. The second-order valence-electron chi connectivity index (χ2n) is 9.28. The molecule has 38 heavy (non-hydrogen) atoms. The van der Waals surface area contributed by atoms with E-state index in [9.17, 15) is 14.7 Å². The van der Waals surface area contributed by atoms with Crippen molar-refractivity contribution in [3.63, 3.8) is 0 Å². The number of Topliss-reactive ketones (excluding diaryl/α,β-unsaturated/α-hetero) is 1. The summed E-state index contributed by atoms with van der Waals surface area (Å²) >= 11 is 1.29. The summed E-state index contributed by atoms with van der Waals surface area (Å²) < 4.78 is 11.7. The molecule has 5 rings (SSSR count). The van der Waals surface area contributed by atoms with E-state index in [-0.39, 0.29) is 11.3 Å². The number of hydrogen-bond acceptors (Lipinski definition) is 7. The Morgan fingerprint density at radius 3 is 2.34 bits per heavy atom. The number of ketones is 1. The van der Waals surface area contributed by atoms with Gasteiger partial charge in [-0.3, -0.25) is 14.5 Å². The first-order valence-electron chi connectivity index (χ1n) is 12.4. The maximum atomic E-state index is 13.5. The third-order valence-electron chi connectivity index (χ3n) is 6.59. The molecule has 0 unspecified atom stereocenters. The lowest BCUT2D eigenvalue weighted by molar-refractivity contribution is -0.132. The molecule has 1 aromatic heterocycles. The Balaban J connectivity index is 1.67. The lowest BCUT2D eigenvalue weighted by Crippen LogP contribution is -2.29.